The van der Waals surface area contributed by atoms with Gasteiger partial charge in [0, 0.05) is 13.1 Å². The molecular formula is C28H41N3O5. The zero-order valence-corrected chi connectivity index (χ0v) is 22.0. The van der Waals surface area contributed by atoms with Crippen LogP contribution in [-0.4, -0.2) is 64.2 Å². The average molecular weight is 500 g/mol. The normalized spacial score (nSPS) is 31.6. The van der Waals surface area contributed by atoms with Crippen LogP contribution in [0.15, 0.2) is 30.3 Å². The van der Waals surface area contributed by atoms with E-state index in [4.69, 9.17) is 4.74 Å². The fourth-order valence-corrected chi connectivity index (χ4v) is 6.81. The number of aliphatic hydroxyl groups is 1. The minimum Gasteiger partial charge on any atom is -0.394 e. The number of nitrogens with one attached hydrogen (secondary N) is 2. The second-order valence-electron chi connectivity index (χ2n) is 11.0. The fourth-order valence-electron chi connectivity index (χ4n) is 6.81. The number of aliphatic hydroxyl groups excluding tert-OH is 1. The maximum Gasteiger partial charge on any atom is 0.246 e. The Morgan fingerprint density at radius 2 is 1.86 bits per heavy atom. The number of benzene rings is 1. The number of fused-ring (bicyclic) bond motifs is 1. The molecule has 198 valence electrons. The second kappa shape index (κ2) is 10.5. The Morgan fingerprint density at radius 1 is 1.14 bits per heavy atom. The molecule has 2 unspecified atom stereocenters. The number of nitrogens with zero attached hydrogens (tertiary/aromatic N) is 1. The first-order valence-corrected chi connectivity index (χ1v) is 13.5. The van der Waals surface area contributed by atoms with E-state index >= 15 is 0 Å². The molecule has 3 heterocycles. The Balaban J connectivity index is 1.73. The Morgan fingerprint density at radius 3 is 2.47 bits per heavy atom. The number of hydrogen-bond acceptors (Lipinski definition) is 5. The van der Waals surface area contributed by atoms with E-state index in [2.05, 4.69) is 10.6 Å². The smallest absolute Gasteiger partial charge is 0.246 e. The summed E-state index contributed by atoms with van der Waals surface area (Å²) >= 11 is 0. The zero-order chi connectivity index (χ0) is 26.1. The number of carbonyl (C=O) groups is 3. The van der Waals surface area contributed by atoms with Crippen molar-refractivity contribution in [3.63, 3.8) is 0 Å². The number of carbonyl (C=O) groups excluding carboxylic acids is 3. The first-order valence-electron chi connectivity index (χ1n) is 13.5. The molecule has 0 saturated carbocycles. The number of rotatable bonds is 11. The van der Waals surface area contributed by atoms with Gasteiger partial charge in [-0.15, -0.1) is 0 Å². The van der Waals surface area contributed by atoms with E-state index in [1.165, 1.54) is 0 Å². The minimum atomic E-state index is -1.08. The molecule has 3 saturated heterocycles. The van der Waals surface area contributed by atoms with E-state index in [0.717, 1.165) is 12.0 Å². The van der Waals surface area contributed by atoms with Gasteiger partial charge in [-0.3, -0.25) is 14.4 Å². The summed E-state index contributed by atoms with van der Waals surface area (Å²) in [4.78, 5) is 43.1. The van der Waals surface area contributed by atoms with Crippen LogP contribution in [0.2, 0.25) is 0 Å². The van der Waals surface area contributed by atoms with Gasteiger partial charge >= 0.3 is 0 Å². The van der Waals surface area contributed by atoms with Crippen LogP contribution >= 0.6 is 0 Å². The van der Waals surface area contributed by atoms with Gasteiger partial charge < -0.3 is 25.4 Å². The largest absolute Gasteiger partial charge is 0.394 e. The Labute approximate surface area is 214 Å². The van der Waals surface area contributed by atoms with Crippen molar-refractivity contribution in [1.82, 2.24) is 15.5 Å². The molecule has 3 aliphatic rings. The highest BCUT2D eigenvalue weighted by molar-refractivity contribution is 5.99. The van der Waals surface area contributed by atoms with Crippen molar-refractivity contribution in [2.45, 2.75) is 89.6 Å². The summed E-state index contributed by atoms with van der Waals surface area (Å²) in [6, 6.07) is 8.20. The summed E-state index contributed by atoms with van der Waals surface area (Å²) in [6.07, 6.45) is 3.10. The Bertz CT molecular complexity index is 969. The number of likely N-dealkylation sites (tertiary alicyclic amines) is 1. The van der Waals surface area contributed by atoms with Crippen LogP contribution in [0.4, 0.5) is 0 Å². The molecule has 0 aromatic heterocycles. The van der Waals surface area contributed by atoms with E-state index in [9.17, 15) is 19.5 Å². The predicted molar refractivity (Wildman–Crippen MR) is 136 cm³/mol. The fraction of sp³-hybridized carbons (Fsp3) is 0.679. The first kappa shape index (κ1) is 26.6. The van der Waals surface area contributed by atoms with Gasteiger partial charge in [0.15, 0.2) is 0 Å². The average Bonchev–Trinajstić information content (AvgIpc) is 3.48. The van der Waals surface area contributed by atoms with Gasteiger partial charge in [0.25, 0.3) is 0 Å². The SMILES string of the molecule is CCCNC(=O)[C@@H]1[C@H]2C(=O)N([C@@H](CO)CC(C)C)C(C(=O)NCc3ccccc3)C23CC[C@@]1(CC)O3. The van der Waals surface area contributed by atoms with Crippen molar-refractivity contribution in [2.24, 2.45) is 17.8 Å². The van der Waals surface area contributed by atoms with Gasteiger partial charge in [0.1, 0.15) is 11.6 Å². The molecule has 1 aromatic carbocycles. The molecule has 8 nitrogen and oxygen atoms in total. The molecule has 0 radical (unpaired) electrons. The van der Waals surface area contributed by atoms with Crippen LogP contribution in [0.5, 0.6) is 0 Å². The van der Waals surface area contributed by atoms with Gasteiger partial charge in [-0.25, -0.2) is 0 Å². The van der Waals surface area contributed by atoms with Gasteiger partial charge in [-0.2, -0.15) is 0 Å². The van der Waals surface area contributed by atoms with Crippen LogP contribution in [-0.2, 0) is 25.7 Å². The van der Waals surface area contributed by atoms with E-state index in [0.29, 0.717) is 38.8 Å². The van der Waals surface area contributed by atoms with E-state index < -0.39 is 35.1 Å². The van der Waals surface area contributed by atoms with E-state index in [1.807, 2.05) is 58.0 Å². The molecule has 0 aliphatic carbocycles. The maximum absolute atomic E-state index is 14.2. The Hall–Kier alpha value is -2.45. The molecule has 2 bridgehead atoms. The molecule has 6 atom stereocenters. The molecule has 4 rings (SSSR count). The molecule has 1 aromatic rings. The van der Waals surface area contributed by atoms with Gasteiger partial charge in [-0.05, 0) is 43.6 Å². The summed E-state index contributed by atoms with van der Waals surface area (Å²) in [7, 11) is 0. The lowest BCUT2D eigenvalue weighted by Crippen LogP contribution is -2.58. The van der Waals surface area contributed by atoms with Crippen LogP contribution < -0.4 is 10.6 Å². The maximum atomic E-state index is 14.2. The molecular weight excluding hydrogens is 458 g/mol. The van der Waals surface area contributed by atoms with Crippen molar-refractivity contribution >= 4 is 17.7 Å². The topological polar surface area (TPSA) is 108 Å². The third-order valence-corrected chi connectivity index (χ3v) is 8.36. The third-order valence-electron chi connectivity index (χ3n) is 8.36. The van der Waals surface area contributed by atoms with E-state index in [1.54, 1.807) is 4.90 Å². The highest BCUT2D eigenvalue weighted by atomic mass is 16.5. The molecule has 8 heteroatoms. The zero-order valence-electron chi connectivity index (χ0n) is 22.0. The lowest BCUT2D eigenvalue weighted by atomic mass is 9.65. The molecule has 1 spiro atoms. The van der Waals surface area contributed by atoms with Crippen LogP contribution in [0.3, 0.4) is 0 Å². The van der Waals surface area contributed by atoms with Gasteiger partial charge in [0.2, 0.25) is 17.7 Å². The molecule has 3 amide bonds. The lowest BCUT2D eigenvalue weighted by Gasteiger charge is -2.38. The van der Waals surface area contributed by atoms with Crippen LogP contribution in [0, 0.1) is 17.8 Å². The molecule has 36 heavy (non-hydrogen) atoms. The van der Waals surface area contributed by atoms with Gasteiger partial charge in [0.05, 0.1) is 30.1 Å². The van der Waals surface area contributed by atoms with Crippen molar-refractivity contribution in [3.8, 4) is 0 Å². The molecule has 3 N–H and O–H groups in total. The standard InChI is InChI=1S/C28H41N3O5/c1-5-14-29-24(33)21-22-26(35)31(20(17-32)15-18(3)4)23(28(22)13-12-27(21,6-2)36-28)25(34)30-16-19-10-8-7-9-11-19/h7-11,18,20-23,32H,5-6,12-17H2,1-4H3,(H,29,33)(H,30,34)/t20-,21+,22+,23?,27-,28?/m1/s1. The summed E-state index contributed by atoms with van der Waals surface area (Å²) in [6.45, 7) is 8.64. The molecule has 3 aliphatic heterocycles. The van der Waals surface area contributed by atoms with Crippen molar-refractivity contribution in [1.29, 1.82) is 0 Å². The highest BCUT2D eigenvalue weighted by Crippen LogP contribution is 2.64. The lowest BCUT2D eigenvalue weighted by molar-refractivity contribution is -0.151. The summed E-state index contributed by atoms with van der Waals surface area (Å²) in [5.41, 5.74) is -0.878. The quantitative estimate of drug-likeness (QED) is 0.433. The molecule has 3 fully saturated rings. The van der Waals surface area contributed by atoms with Crippen molar-refractivity contribution in [2.75, 3.05) is 13.2 Å². The Kier molecular flexibility index (Phi) is 7.76. The summed E-state index contributed by atoms with van der Waals surface area (Å²) < 4.78 is 6.75. The van der Waals surface area contributed by atoms with Crippen molar-refractivity contribution < 1.29 is 24.2 Å². The van der Waals surface area contributed by atoms with Crippen LogP contribution in [0.1, 0.15) is 65.4 Å². The van der Waals surface area contributed by atoms with Crippen LogP contribution in [0.25, 0.3) is 0 Å². The second-order valence-corrected chi connectivity index (χ2v) is 11.0. The monoisotopic (exact) mass is 499 g/mol. The highest BCUT2D eigenvalue weighted by Gasteiger charge is 2.79. The number of ether oxygens (including phenoxy) is 1. The first-order chi connectivity index (χ1) is 17.2. The van der Waals surface area contributed by atoms with Crippen molar-refractivity contribution in [3.05, 3.63) is 35.9 Å². The number of hydrogen-bond donors (Lipinski definition) is 3. The van der Waals surface area contributed by atoms with Gasteiger partial charge in [-0.1, -0.05) is 58.0 Å². The summed E-state index contributed by atoms with van der Waals surface area (Å²) in [5, 5.41) is 16.4. The van der Waals surface area contributed by atoms with E-state index in [-0.39, 0.29) is 30.2 Å². The number of amides is 3. The predicted octanol–water partition coefficient (Wildman–Crippen LogP) is 2.39. The summed E-state index contributed by atoms with van der Waals surface area (Å²) in [5.74, 6) is -1.89. The third kappa shape index (κ3) is 4.32. The minimum absolute atomic E-state index is 0.173.